The minimum absolute atomic E-state index is 0.0582. The number of amides is 2. The quantitative estimate of drug-likeness (QED) is 0.857. The number of benzene rings is 1. The van der Waals surface area contributed by atoms with Crippen LogP contribution in [-0.2, 0) is 9.59 Å². The van der Waals surface area contributed by atoms with Crippen molar-refractivity contribution in [3.05, 3.63) is 22.7 Å². The molecule has 0 aliphatic carbocycles. The van der Waals surface area contributed by atoms with E-state index in [-0.39, 0.29) is 24.2 Å². The molecule has 1 atom stereocenters. The van der Waals surface area contributed by atoms with E-state index in [0.717, 1.165) is 15.4 Å². The first-order valence-electron chi connectivity index (χ1n) is 7.67. The van der Waals surface area contributed by atoms with Crippen molar-refractivity contribution in [2.45, 2.75) is 20.3 Å². The lowest BCUT2D eigenvalue weighted by molar-refractivity contribution is -0.126. The van der Waals surface area contributed by atoms with Crippen LogP contribution in [0.25, 0.3) is 10.9 Å². The van der Waals surface area contributed by atoms with Crippen LogP contribution in [-0.4, -0.2) is 35.1 Å². The minimum Gasteiger partial charge on any atom is -0.356 e. The van der Waals surface area contributed by atoms with Gasteiger partial charge in [-0.1, -0.05) is 29.8 Å². The van der Waals surface area contributed by atoms with E-state index >= 15 is 0 Å². The van der Waals surface area contributed by atoms with Crippen LogP contribution in [0.3, 0.4) is 0 Å². The third-order valence-corrected chi connectivity index (χ3v) is 4.43. The number of aromatic amines is 1. The maximum absolute atomic E-state index is 12.3. The van der Waals surface area contributed by atoms with Crippen molar-refractivity contribution in [3.8, 4) is 0 Å². The highest BCUT2D eigenvalue weighted by Gasteiger charge is 2.36. The Morgan fingerprint density at radius 3 is 3.04 bits per heavy atom. The second-order valence-corrected chi connectivity index (χ2v) is 7.20. The van der Waals surface area contributed by atoms with Gasteiger partial charge in [0.25, 0.3) is 0 Å². The molecule has 7 heteroatoms. The highest BCUT2D eigenvalue weighted by molar-refractivity contribution is 9.10. The first-order chi connectivity index (χ1) is 11.0. The van der Waals surface area contributed by atoms with Crippen LogP contribution in [0.1, 0.15) is 20.3 Å². The molecule has 0 radical (unpaired) electrons. The number of hydrogen-bond acceptors (Lipinski definition) is 3. The molecule has 23 heavy (non-hydrogen) atoms. The predicted molar refractivity (Wildman–Crippen MR) is 92.1 cm³/mol. The Morgan fingerprint density at radius 2 is 2.30 bits per heavy atom. The Hall–Kier alpha value is -1.89. The molecule has 0 bridgehead atoms. The number of hydrogen-bond donors (Lipinski definition) is 2. The molecule has 2 amide bonds. The maximum Gasteiger partial charge on any atom is 0.229 e. The third-order valence-electron chi connectivity index (χ3n) is 3.94. The van der Waals surface area contributed by atoms with Gasteiger partial charge in [-0.05, 0) is 24.1 Å². The Labute approximate surface area is 142 Å². The summed E-state index contributed by atoms with van der Waals surface area (Å²) in [6, 6.07) is 5.74. The average Bonchev–Trinajstić information content (AvgIpc) is 3.07. The summed E-state index contributed by atoms with van der Waals surface area (Å²) in [6.07, 6.45) is 0.231. The molecule has 1 saturated heterocycles. The smallest absolute Gasteiger partial charge is 0.229 e. The van der Waals surface area contributed by atoms with E-state index in [4.69, 9.17) is 0 Å². The zero-order valence-electron chi connectivity index (χ0n) is 13.1. The summed E-state index contributed by atoms with van der Waals surface area (Å²) in [6.45, 7) is 5.09. The highest BCUT2D eigenvalue weighted by atomic mass is 79.9. The summed E-state index contributed by atoms with van der Waals surface area (Å²) in [5, 5.41) is 11.0. The second kappa shape index (κ2) is 6.31. The van der Waals surface area contributed by atoms with Crippen molar-refractivity contribution in [1.29, 1.82) is 0 Å². The highest BCUT2D eigenvalue weighted by Crippen LogP contribution is 2.31. The van der Waals surface area contributed by atoms with E-state index in [1.165, 1.54) is 0 Å². The van der Waals surface area contributed by atoms with Crippen LogP contribution >= 0.6 is 15.9 Å². The van der Waals surface area contributed by atoms with E-state index in [2.05, 4.69) is 31.4 Å². The van der Waals surface area contributed by atoms with Crippen molar-refractivity contribution in [3.63, 3.8) is 0 Å². The van der Waals surface area contributed by atoms with Gasteiger partial charge in [-0.15, -0.1) is 0 Å². The number of carbonyl (C=O) groups excluding carboxylic acids is 2. The molecule has 2 N–H and O–H groups in total. The Balaban J connectivity index is 1.78. The van der Waals surface area contributed by atoms with Crippen molar-refractivity contribution >= 4 is 44.5 Å². The largest absolute Gasteiger partial charge is 0.356 e. The summed E-state index contributed by atoms with van der Waals surface area (Å²) >= 11 is 3.41. The molecule has 0 spiro atoms. The number of halogens is 1. The van der Waals surface area contributed by atoms with E-state index in [9.17, 15) is 9.59 Å². The number of rotatable bonds is 4. The van der Waals surface area contributed by atoms with Gasteiger partial charge in [0.05, 0.1) is 11.4 Å². The SMILES string of the molecule is CC(C)CNC(=O)[C@H]1CC(=O)N(c2n[nH]c3cc(Br)ccc23)C1. The molecule has 1 fully saturated rings. The molecule has 1 aromatic heterocycles. The monoisotopic (exact) mass is 378 g/mol. The molecule has 6 nitrogen and oxygen atoms in total. The number of fused-ring (bicyclic) bond motifs is 1. The number of H-pyrrole nitrogens is 1. The van der Waals surface area contributed by atoms with Gasteiger partial charge in [-0.25, -0.2) is 0 Å². The number of nitrogens with one attached hydrogen (secondary N) is 2. The first-order valence-corrected chi connectivity index (χ1v) is 8.46. The molecule has 1 aromatic carbocycles. The van der Waals surface area contributed by atoms with Crippen LogP contribution in [0.4, 0.5) is 5.82 Å². The van der Waals surface area contributed by atoms with Gasteiger partial charge in [0, 0.05) is 29.4 Å². The lowest BCUT2D eigenvalue weighted by Crippen LogP contribution is -2.35. The van der Waals surface area contributed by atoms with E-state index < -0.39 is 0 Å². The van der Waals surface area contributed by atoms with Crippen molar-refractivity contribution in [1.82, 2.24) is 15.5 Å². The molecular weight excluding hydrogens is 360 g/mol. The Morgan fingerprint density at radius 1 is 1.52 bits per heavy atom. The molecule has 2 aromatic rings. The van der Waals surface area contributed by atoms with Gasteiger partial charge in [0.15, 0.2) is 5.82 Å². The lowest BCUT2D eigenvalue weighted by atomic mass is 10.1. The van der Waals surface area contributed by atoms with Gasteiger partial charge in [-0.2, -0.15) is 5.10 Å². The van der Waals surface area contributed by atoms with Crippen LogP contribution in [0.2, 0.25) is 0 Å². The second-order valence-electron chi connectivity index (χ2n) is 6.28. The molecule has 1 aliphatic rings. The number of aromatic nitrogens is 2. The molecule has 1 aliphatic heterocycles. The topological polar surface area (TPSA) is 78.1 Å². The first kappa shape index (κ1) is 16.0. The zero-order valence-corrected chi connectivity index (χ0v) is 14.7. The number of anilines is 1. The normalized spacial score (nSPS) is 18.2. The molecule has 2 heterocycles. The summed E-state index contributed by atoms with van der Waals surface area (Å²) in [5.41, 5.74) is 0.856. The van der Waals surface area contributed by atoms with Crippen LogP contribution < -0.4 is 10.2 Å². The van der Waals surface area contributed by atoms with Gasteiger partial charge in [0.1, 0.15) is 0 Å². The lowest BCUT2D eigenvalue weighted by Gasteiger charge is -2.15. The molecular formula is C16H19BrN4O2. The van der Waals surface area contributed by atoms with E-state index in [0.29, 0.717) is 24.8 Å². The fourth-order valence-electron chi connectivity index (χ4n) is 2.72. The number of carbonyl (C=O) groups is 2. The van der Waals surface area contributed by atoms with Crippen molar-refractivity contribution in [2.75, 3.05) is 18.0 Å². The van der Waals surface area contributed by atoms with E-state index in [1.807, 2.05) is 32.0 Å². The molecule has 0 unspecified atom stereocenters. The molecule has 122 valence electrons. The molecule has 3 rings (SSSR count). The standard InChI is InChI=1S/C16H19BrN4O2/c1-9(2)7-18-16(23)10-5-14(22)21(8-10)15-12-4-3-11(17)6-13(12)19-20-15/h3-4,6,9-10H,5,7-8H2,1-2H3,(H,18,23)(H,19,20)/t10-/m0/s1. The third kappa shape index (κ3) is 3.24. The fraction of sp³-hybridized carbons (Fsp3) is 0.438. The number of nitrogens with zero attached hydrogens (tertiary/aromatic N) is 2. The zero-order chi connectivity index (χ0) is 16.6. The van der Waals surface area contributed by atoms with Crippen molar-refractivity contribution < 1.29 is 9.59 Å². The fourth-order valence-corrected chi connectivity index (χ4v) is 3.08. The summed E-state index contributed by atoms with van der Waals surface area (Å²) in [5.74, 6) is 0.546. The van der Waals surface area contributed by atoms with E-state index in [1.54, 1.807) is 4.90 Å². The Kier molecular flexibility index (Phi) is 4.39. The average molecular weight is 379 g/mol. The maximum atomic E-state index is 12.3. The van der Waals surface area contributed by atoms with Crippen LogP contribution in [0.5, 0.6) is 0 Å². The summed E-state index contributed by atoms with van der Waals surface area (Å²) in [7, 11) is 0. The van der Waals surface area contributed by atoms with Gasteiger partial charge in [0.2, 0.25) is 11.8 Å². The molecule has 0 saturated carbocycles. The van der Waals surface area contributed by atoms with Crippen molar-refractivity contribution in [2.24, 2.45) is 11.8 Å². The van der Waals surface area contributed by atoms with Crippen LogP contribution in [0, 0.1) is 11.8 Å². The summed E-state index contributed by atoms with van der Waals surface area (Å²) < 4.78 is 0.943. The van der Waals surface area contributed by atoms with Crippen LogP contribution in [0.15, 0.2) is 22.7 Å². The predicted octanol–water partition coefficient (Wildman–Crippen LogP) is 2.45. The minimum atomic E-state index is -0.316. The summed E-state index contributed by atoms with van der Waals surface area (Å²) in [4.78, 5) is 26.1. The van der Waals surface area contributed by atoms with Gasteiger partial charge >= 0.3 is 0 Å². The van der Waals surface area contributed by atoms with Gasteiger partial charge < -0.3 is 5.32 Å². The van der Waals surface area contributed by atoms with Gasteiger partial charge in [-0.3, -0.25) is 19.6 Å². The Bertz CT molecular complexity index is 756.